The highest BCUT2D eigenvalue weighted by Gasteiger charge is 2.34. The van der Waals surface area contributed by atoms with Crippen molar-refractivity contribution < 1.29 is 18.0 Å². The number of anilines is 1. The molecule has 7 nitrogen and oxygen atoms in total. The van der Waals surface area contributed by atoms with Crippen molar-refractivity contribution in [3.05, 3.63) is 97.9 Å². The number of nitrogens with zero attached hydrogens (tertiary/aromatic N) is 2. The number of amides is 2. The highest BCUT2D eigenvalue weighted by Crippen LogP contribution is 2.31. The number of nitrogens with one attached hydrogen (secondary N) is 1. The molecule has 0 saturated heterocycles. The Morgan fingerprint density at radius 2 is 1.49 bits per heavy atom. The predicted octanol–water partition coefficient (Wildman–Crippen LogP) is 6.62. The zero-order valence-corrected chi connectivity index (χ0v) is 26.8. The van der Waals surface area contributed by atoms with Gasteiger partial charge in [-0.15, -0.1) is 0 Å². The van der Waals surface area contributed by atoms with Crippen LogP contribution < -0.4 is 9.62 Å². The minimum absolute atomic E-state index is 0.0447. The minimum Gasteiger partial charge on any atom is -0.350 e. The summed E-state index contributed by atoms with van der Waals surface area (Å²) in [6.45, 7) is 4.83. The number of carbonyl (C=O) groups excluding carboxylic acids is 2. The number of rotatable bonds is 10. The number of sulfonamides is 1. The first kappa shape index (κ1) is 33.0. The van der Waals surface area contributed by atoms with E-state index >= 15 is 0 Å². The van der Waals surface area contributed by atoms with Gasteiger partial charge in [0.1, 0.15) is 12.6 Å². The summed E-state index contributed by atoms with van der Waals surface area (Å²) in [7, 11) is -4.00. The van der Waals surface area contributed by atoms with E-state index in [4.69, 9.17) is 46.4 Å². The van der Waals surface area contributed by atoms with Crippen LogP contribution in [0.3, 0.4) is 0 Å². The van der Waals surface area contributed by atoms with E-state index in [2.05, 4.69) is 5.32 Å². The van der Waals surface area contributed by atoms with Gasteiger partial charge in [-0.25, -0.2) is 8.42 Å². The fraction of sp³-hybridized carbons (Fsp3) is 0.310. The van der Waals surface area contributed by atoms with Crippen molar-refractivity contribution in [3.63, 3.8) is 0 Å². The Bertz CT molecular complexity index is 1510. The molecule has 0 fully saturated rings. The molecule has 0 bridgehead atoms. The lowest BCUT2D eigenvalue weighted by atomic mass is 10.0. The second-order valence-corrected chi connectivity index (χ2v) is 14.1. The first-order valence-electron chi connectivity index (χ1n) is 12.6. The lowest BCUT2D eigenvalue weighted by Crippen LogP contribution is -2.56. The Morgan fingerprint density at radius 1 is 0.854 bits per heavy atom. The van der Waals surface area contributed by atoms with E-state index < -0.39 is 40.0 Å². The summed E-state index contributed by atoms with van der Waals surface area (Å²) < 4.78 is 26.7. The summed E-state index contributed by atoms with van der Waals surface area (Å²) in [5.74, 6) is -1.04. The number of hydrogen-bond donors (Lipinski definition) is 1. The highest BCUT2D eigenvalue weighted by atomic mass is 35.5. The van der Waals surface area contributed by atoms with Crippen LogP contribution in [0.25, 0.3) is 0 Å². The van der Waals surface area contributed by atoms with Gasteiger partial charge in [0, 0.05) is 23.5 Å². The largest absolute Gasteiger partial charge is 0.350 e. The summed E-state index contributed by atoms with van der Waals surface area (Å²) in [5.41, 5.74) is 0.855. The van der Waals surface area contributed by atoms with Gasteiger partial charge in [0.2, 0.25) is 21.8 Å². The van der Waals surface area contributed by atoms with Gasteiger partial charge in [0.15, 0.2) is 0 Å². The average molecular weight is 659 g/mol. The molecular weight excluding hydrogens is 628 g/mol. The van der Waals surface area contributed by atoms with Gasteiger partial charge in [-0.3, -0.25) is 13.9 Å². The molecule has 1 atom stereocenters. The molecule has 0 saturated carbocycles. The van der Waals surface area contributed by atoms with Crippen molar-refractivity contribution >= 4 is 73.9 Å². The first-order chi connectivity index (χ1) is 19.0. The normalized spacial score (nSPS) is 12.5. The van der Waals surface area contributed by atoms with Crippen molar-refractivity contribution in [2.75, 3.05) is 17.1 Å². The van der Waals surface area contributed by atoms with Gasteiger partial charge < -0.3 is 10.2 Å². The first-order valence-corrected chi connectivity index (χ1v) is 15.9. The van der Waals surface area contributed by atoms with Crippen LogP contribution in [-0.2, 0) is 32.6 Å². The van der Waals surface area contributed by atoms with Crippen molar-refractivity contribution in [3.8, 4) is 0 Å². The summed E-state index contributed by atoms with van der Waals surface area (Å²) in [4.78, 5) is 29.2. The van der Waals surface area contributed by atoms with Crippen LogP contribution >= 0.6 is 46.4 Å². The molecule has 0 aromatic heterocycles. The lowest BCUT2D eigenvalue weighted by Gasteiger charge is -2.35. The summed E-state index contributed by atoms with van der Waals surface area (Å²) in [6, 6.07) is 17.5. The number of halogens is 4. The summed E-state index contributed by atoms with van der Waals surface area (Å²) in [5, 5.41) is 3.90. The van der Waals surface area contributed by atoms with Crippen molar-refractivity contribution in [2.24, 2.45) is 0 Å². The molecule has 3 rings (SSSR count). The standard InChI is InChI=1S/C29H31Cl4N3O4S/c1-29(2,3)34-28(38)26(15-19-8-6-5-7-9-19)35(17-20-10-12-22(31)24(33)14-20)27(37)18-36(41(4,39)40)25-16-21(30)11-13-23(25)32/h5-14,16,26H,15,17-18H2,1-4H3,(H,34,38)/t26-/m1/s1. The molecular formula is C29H31Cl4N3O4S. The predicted molar refractivity (Wildman–Crippen MR) is 167 cm³/mol. The van der Waals surface area contributed by atoms with Crippen LogP contribution in [0.5, 0.6) is 0 Å². The molecule has 0 spiro atoms. The van der Waals surface area contributed by atoms with E-state index in [9.17, 15) is 18.0 Å². The van der Waals surface area contributed by atoms with Crippen LogP contribution in [0.2, 0.25) is 20.1 Å². The highest BCUT2D eigenvalue weighted by molar-refractivity contribution is 7.92. The van der Waals surface area contributed by atoms with Crippen LogP contribution in [0, 0.1) is 0 Å². The van der Waals surface area contributed by atoms with E-state index in [1.54, 1.807) is 18.2 Å². The molecule has 0 unspecified atom stereocenters. The fourth-order valence-electron chi connectivity index (χ4n) is 4.11. The van der Waals surface area contributed by atoms with Gasteiger partial charge in [-0.05, 0) is 62.2 Å². The molecule has 0 heterocycles. The van der Waals surface area contributed by atoms with Gasteiger partial charge in [0.05, 0.1) is 27.0 Å². The van der Waals surface area contributed by atoms with Crippen molar-refractivity contribution in [1.82, 2.24) is 10.2 Å². The quantitative estimate of drug-likeness (QED) is 0.265. The summed E-state index contributed by atoms with van der Waals surface area (Å²) >= 11 is 24.8. The van der Waals surface area contributed by atoms with Crippen LogP contribution in [0.4, 0.5) is 5.69 Å². The van der Waals surface area contributed by atoms with E-state index in [1.807, 2.05) is 51.1 Å². The maximum absolute atomic E-state index is 14.1. The lowest BCUT2D eigenvalue weighted by molar-refractivity contribution is -0.140. The monoisotopic (exact) mass is 657 g/mol. The van der Waals surface area contributed by atoms with E-state index in [0.717, 1.165) is 16.1 Å². The summed E-state index contributed by atoms with van der Waals surface area (Å²) in [6.07, 6.45) is 1.14. The maximum atomic E-state index is 14.1. The molecule has 0 aliphatic rings. The van der Waals surface area contributed by atoms with Crippen molar-refractivity contribution in [2.45, 2.75) is 45.3 Å². The zero-order chi connectivity index (χ0) is 30.5. The smallest absolute Gasteiger partial charge is 0.244 e. The van der Waals surface area contributed by atoms with Crippen LogP contribution in [-0.4, -0.2) is 49.5 Å². The fourth-order valence-corrected chi connectivity index (χ4v) is 5.72. The van der Waals surface area contributed by atoms with E-state index in [-0.39, 0.29) is 33.7 Å². The zero-order valence-electron chi connectivity index (χ0n) is 23.0. The van der Waals surface area contributed by atoms with E-state index in [0.29, 0.717) is 10.6 Å². The van der Waals surface area contributed by atoms with Gasteiger partial charge >= 0.3 is 0 Å². The van der Waals surface area contributed by atoms with Crippen LogP contribution in [0.15, 0.2) is 66.7 Å². The minimum atomic E-state index is -4.00. The average Bonchev–Trinajstić information content (AvgIpc) is 2.87. The molecule has 41 heavy (non-hydrogen) atoms. The molecule has 0 radical (unpaired) electrons. The maximum Gasteiger partial charge on any atom is 0.244 e. The van der Waals surface area contributed by atoms with Gasteiger partial charge in [-0.1, -0.05) is 82.8 Å². The molecule has 12 heteroatoms. The molecule has 0 aliphatic carbocycles. The Morgan fingerprint density at radius 3 is 2.07 bits per heavy atom. The van der Waals surface area contributed by atoms with Gasteiger partial charge in [-0.2, -0.15) is 0 Å². The van der Waals surface area contributed by atoms with Crippen molar-refractivity contribution in [1.29, 1.82) is 0 Å². The third kappa shape index (κ3) is 9.51. The Balaban J connectivity index is 2.12. The van der Waals surface area contributed by atoms with E-state index in [1.165, 1.54) is 23.1 Å². The Labute approximate surface area is 261 Å². The number of carbonyl (C=O) groups is 2. The van der Waals surface area contributed by atoms with Crippen LogP contribution in [0.1, 0.15) is 31.9 Å². The topological polar surface area (TPSA) is 86.8 Å². The van der Waals surface area contributed by atoms with Gasteiger partial charge in [0.25, 0.3) is 0 Å². The molecule has 3 aromatic carbocycles. The molecule has 220 valence electrons. The molecule has 1 N–H and O–H groups in total. The SMILES string of the molecule is CC(C)(C)NC(=O)[C@@H](Cc1ccccc1)N(Cc1ccc(Cl)c(Cl)c1)C(=O)CN(c1cc(Cl)ccc1Cl)S(C)(=O)=O. The Hall–Kier alpha value is -2.49. The molecule has 3 aromatic rings. The number of benzene rings is 3. The third-order valence-electron chi connectivity index (χ3n) is 5.96. The Kier molecular flexibility index (Phi) is 11.0. The second kappa shape index (κ2) is 13.7. The number of hydrogen-bond acceptors (Lipinski definition) is 4. The molecule has 2 amide bonds. The molecule has 0 aliphatic heterocycles. The third-order valence-corrected chi connectivity index (χ3v) is 8.38. The second-order valence-electron chi connectivity index (χ2n) is 10.6.